The summed E-state index contributed by atoms with van der Waals surface area (Å²) >= 11 is 1.63. The lowest BCUT2D eigenvalue weighted by Gasteiger charge is -2.33. The summed E-state index contributed by atoms with van der Waals surface area (Å²) in [6.45, 7) is 3.05. The molecule has 1 aliphatic rings. The highest BCUT2D eigenvalue weighted by Crippen LogP contribution is 2.25. The van der Waals surface area contributed by atoms with Crippen LogP contribution in [0.4, 0.5) is 10.5 Å². The van der Waals surface area contributed by atoms with Crippen molar-refractivity contribution >= 4 is 28.6 Å². The third kappa shape index (κ3) is 5.27. The third-order valence-electron chi connectivity index (χ3n) is 3.95. The molecular formula is C18H27N3OS. The quantitative estimate of drug-likeness (QED) is 0.630. The Bertz CT molecular complexity index is 518. The Morgan fingerprint density at radius 1 is 1.09 bits per heavy atom. The molecule has 0 radical (unpaired) electrons. The number of hydrogen-bond acceptors (Lipinski definition) is 3. The largest absolute Gasteiger partial charge is 0.331 e. The van der Waals surface area contributed by atoms with Crippen molar-refractivity contribution < 1.29 is 4.79 Å². The number of nitrogens with zero attached hydrogens (tertiary/aromatic N) is 3. The lowest BCUT2D eigenvalue weighted by Crippen LogP contribution is -2.48. The van der Waals surface area contributed by atoms with Crippen molar-refractivity contribution in [3.63, 3.8) is 0 Å². The number of carbonyl (C=O) groups is 1. The third-order valence-corrected chi connectivity index (χ3v) is 5.00. The van der Waals surface area contributed by atoms with Crippen molar-refractivity contribution in [3.05, 3.63) is 30.3 Å². The molecule has 0 unspecified atom stereocenters. The molecule has 0 bridgehead atoms. The van der Waals surface area contributed by atoms with Crippen LogP contribution in [0.5, 0.6) is 0 Å². The van der Waals surface area contributed by atoms with E-state index in [4.69, 9.17) is 0 Å². The summed E-state index contributed by atoms with van der Waals surface area (Å²) in [6, 6.07) is 9.79. The van der Waals surface area contributed by atoms with Crippen molar-refractivity contribution in [2.75, 3.05) is 24.4 Å². The fraction of sp³-hybridized carbons (Fsp3) is 0.556. The van der Waals surface area contributed by atoms with E-state index in [2.05, 4.69) is 11.9 Å². The van der Waals surface area contributed by atoms with Crippen molar-refractivity contribution in [2.45, 2.75) is 45.4 Å². The molecule has 0 saturated carbocycles. The summed E-state index contributed by atoms with van der Waals surface area (Å²) in [7, 11) is 1.81. The first-order valence-corrected chi connectivity index (χ1v) is 9.50. The summed E-state index contributed by atoms with van der Waals surface area (Å²) in [5.41, 5.74) is 0.937. The van der Waals surface area contributed by atoms with Crippen LogP contribution in [0.1, 0.15) is 45.4 Å². The molecule has 2 amide bonds. The lowest BCUT2D eigenvalue weighted by molar-refractivity contribution is 0.233. The number of carbonyl (C=O) groups excluding carboxylic acids is 1. The number of anilines is 1. The Hall–Kier alpha value is -1.49. The molecule has 1 aromatic carbocycles. The Kier molecular flexibility index (Phi) is 7.46. The molecule has 126 valence electrons. The van der Waals surface area contributed by atoms with Crippen molar-refractivity contribution in [1.82, 2.24) is 4.90 Å². The Balaban J connectivity index is 1.80. The average molecular weight is 334 g/mol. The van der Waals surface area contributed by atoms with Crippen molar-refractivity contribution in [3.8, 4) is 0 Å². The zero-order valence-corrected chi connectivity index (χ0v) is 15.0. The highest BCUT2D eigenvalue weighted by Gasteiger charge is 2.29. The second-order valence-corrected chi connectivity index (χ2v) is 6.72. The van der Waals surface area contributed by atoms with Gasteiger partial charge in [-0.2, -0.15) is 0 Å². The number of hydrogen-bond donors (Lipinski definition) is 0. The minimum Gasteiger partial charge on any atom is -0.284 e. The number of rotatable bonds is 8. The molecule has 0 spiro atoms. The van der Waals surface area contributed by atoms with Gasteiger partial charge in [-0.15, -0.1) is 0 Å². The lowest BCUT2D eigenvalue weighted by atomic mass is 10.1. The van der Waals surface area contributed by atoms with Gasteiger partial charge < -0.3 is 0 Å². The van der Waals surface area contributed by atoms with Gasteiger partial charge in [-0.3, -0.25) is 14.8 Å². The SMILES string of the molecule is CCCCCCCCN=C1SCN(c2ccccc2)C(=O)N1C. The van der Waals surface area contributed by atoms with E-state index in [-0.39, 0.29) is 6.03 Å². The highest BCUT2D eigenvalue weighted by atomic mass is 32.2. The molecule has 0 aliphatic carbocycles. The molecule has 0 atom stereocenters. The van der Waals surface area contributed by atoms with E-state index >= 15 is 0 Å². The van der Waals surface area contributed by atoms with Crippen LogP contribution in [-0.2, 0) is 0 Å². The van der Waals surface area contributed by atoms with Gasteiger partial charge in [-0.25, -0.2) is 4.79 Å². The highest BCUT2D eigenvalue weighted by molar-refractivity contribution is 8.14. The van der Waals surface area contributed by atoms with Gasteiger partial charge >= 0.3 is 6.03 Å². The standard InChI is InChI=1S/C18H27N3OS/c1-3-4-5-6-7-11-14-19-17-20(2)18(22)21(15-23-17)16-12-9-8-10-13-16/h8-10,12-13H,3-7,11,14-15H2,1-2H3. The van der Waals surface area contributed by atoms with Gasteiger partial charge in [0.25, 0.3) is 0 Å². The maximum absolute atomic E-state index is 12.5. The predicted molar refractivity (Wildman–Crippen MR) is 100 cm³/mol. The van der Waals surface area contributed by atoms with Gasteiger partial charge in [0, 0.05) is 19.3 Å². The van der Waals surface area contributed by atoms with Crippen LogP contribution >= 0.6 is 11.8 Å². The minimum absolute atomic E-state index is 0.00311. The van der Waals surface area contributed by atoms with E-state index in [0.717, 1.165) is 23.8 Å². The van der Waals surface area contributed by atoms with Gasteiger partial charge in [-0.1, -0.05) is 69.0 Å². The Labute approximate surface area is 144 Å². The van der Waals surface area contributed by atoms with Crippen LogP contribution < -0.4 is 4.90 Å². The second kappa shape index (κ2) is 9.60. The van der Waals surface area contributed by atoms with Crippen LogP contribution in [0.3, 0.4) is 0 Å². The number of urea groups is 1. The monoisotopic (exact) mass is 333 g/mol. The van der Waals surface area contributed by atoms with Gasteiger partial charge in [0.1, 0.15) is 0 Å². The van der Waals surface area contributed by atoms with Gasteiger partial charge in [0.05, 0.1) is 5.88 Å². The van der Waals surface area contributed by atoms with Crippen LogP contribution in [-0.4, -0.2) is 35.6 Å². The van der Waals surface area contributed by atoms with E-state index < -0.39 is 0 Å². The Morgan fingerprint density at radius 2 is 1.78 bits per heavy atom. The van der Waals surface area contributed by atoms with E-state index in [0.29, 0.717) is 5.88 Å². The first-order chi connectivity index (χ1) is 11.2. The first kappa shape index (κ1) is 17.9. The molecule has 2 rings (SSSR count). The smallest absolute Gasteiger partial charge is 0.284 e. The molecule has 1 heterocycles. The van der Waals surface area contributed by atoms with Crippen LogP contribution in [0.25, 0.3) is 0 Å². The van der Waals surface area contributed by atoms with E-state index in [1.807, 2.05) is 37.4 Å². The molecule has 1 aliphatic heterocycles. The van der Waals surface area contributed by atoms with Gasteiger partial charge in [-0.05, 0) is 18.6 Å². The minimum atomic E-state index is -0.00311. The molecule has 0 aromatic heterocycles. The maximum Gasteiger partial charge on any atom is 0.331 e. The normalized spacial score (nSPS) is 17.1. The number of para-hydroxylation sites is 1. The summed E-state index contributed by atoms with van der Waals surface area (Å²) in [5, 5.41) is 0.843. The first-order valence-electron chi connectivity index (χ1n) is 8.51. The molecular weight excluding hydrogens is 306 g/mol. The number of amidine groups is 1. The summed E-state index contributed by atoms with van der Waals surface area (Å²) in [4.78, 5) is 20.6. The van der Waals surface area contributed by atoms with Gasteiger partial charge in [0.15, 0.2) is 5.17 Å². The zero-order chi connectivity index (χ0) is 16.5. The second-order valence-electron chi connectivity index (χ2n) is 5.81. The van der Waals surface area contributed by atoms with Crippen LogP contribution in [0.15, 0.2) is 35.3 Å². The van der Waals surface area contributed by atoms with Crippen LogP contribution in [0, 0.1) is 0 Å². The van der Waals surface area contributed by atoms with E-state index in [1.54, 1.807) is 21.6 Å². The predicted octanol–water partition coefficient (Wildman–Crippen LogP) is 4.97. The van der Waals surface area contributed by atoms with E-state index in [9.17, 15) is 4.79 Å². The van der Waals surface area contributed by atoms with Gasteiger partial charge in [0.2, 0.25) is 0 Å². The van der Waals surface area contributed by atoms with Crippen molar-refractivity contribution in [2.24, 2.45) is 4.99 Å². The fourth-order valence-corrected chi connectivity index (χ4v) is 3.51. The maximum atomic E-state index is 12.5. The summed E-state index contributed by atoms with van der Waals surface area (Å²) in [6.07, 6.45) is 7.57. The molecule has 5 heteroatoms. The molecule has 1 saturated heterocycles. The van der Waals surface area contributed by atoms with Crippen LogP contribution in [0.2, 0.25) is 0 Å². The van der Waals surface area contributed by atoms with E-state index in [1.165, 1.54) is 32.1 Å². The number of thioether (sulfide) groups is 1. The average Bonchev–Trinajstić information content (AvgIpc) is 2.58. The summed E-state index contributed by atoms with van der Waals surface area (Å²) in [5.74, 6) is 0.628. The topological polar surface area (TPSA) is 35.9 Å². The summed E-state index contributed by atoms with van der Waals surface area (Å²) < 4.78 is 0. The zero-order valence-electron chi connectivity index (χ0n) is 14.2. The van der Waals surface area contributed by atoms with Crippen molar-refractivity contribution in [1.29, 1.82) is 0 Å². The number of unbranched alkanes of at least 4 members (excludes halogenated alkanes) is 5. The Morgan fingerprint density at radius 3 is 2.52 bits per heavy atom. The molecule has 4 nitrogen and oxygen atoms in total. The number of benzene rings is 1. The fourth-order valence-electron chi connectivity index (χ4n) is 2.55. The number of amides is 2. The molecule has 23 heavy (non-hydrogen) atoms. The molecule has 1 aromatic rings. The molecule has 1 fully saturated rings. The molecule has 0 N–H and O–H groups in total. The number of aliphatic imine (C=N–C) groups is 1.